The Morgan fingerprint density at radius 1 is 1.03 bits per heavy atom. The van der Waals surface area contributed by atoms with Gasteiger partial charge in [-0.05, 0) is 36.1 Å². The largest absolute Gasteiger partial charge is 0.493 e. The number of ether oxygens (including phenoxy) is 2. The molecule has 1 fully saturated rings. The molecule has 5 nitrogen and oxygen atoms in total. The van der Waals surface area contributed by atoms with E-state index in [-0.39, 0.29) is 12.5 Å². The highest BCUT2D eigenvalue weighted by Gasteiger charge is 2.21. The minimum atomic E-state index is 0.0185. The van der Waals surface area contributed by atoms with Crippen molar-refractivity contribution < 1.29 is 14.3 Å². The first-order valence-electron chi connectivity index (χ1n) is 10.1. The lowest BCUT2D eigenvalue weighted by atomic mass is 10.1. The third-order valence-electron chi connectivity index (χ3n) is 5.24. The topological polar surface area (TPSA) is 42.0 Å². The van der Waals surface area contributed by atoms with Gasteiger partial charge >= 0.3 is 0 Å². The second-order valence-corrected chi connectivity index (χ2v) is 7.22. The van der Waals surface area contributed by atoms with Crippen molar-refractivity contribution in [2.75, 3.05) is 46.4 Å². The smallest absolute Gasteiger partial charge is 0.260 e. The Kier molecular flexibility index (Phi) is 7.70. The van der Waals surface area contributed by atoms with Crippen LogP contribution in [0.2, 0.25) is 0 Å². The van der Waals surface area contributed by atoms with Crippen molar-refractivity contribution in [3.05, 3.63) is 72.3 Å². The molecule has 0 saturated carbocycles. The zero-order valence-electron chi connectivity index (χ0n) is 17.2. The van der Waals surface area contributed by atoms with Gasteiger partial charge in [-0.3, -0.25) is 9.69 Å². The Balaban J connectivity index is 1.43. The number of carbonyl (C=O) groups is 1. The SMILES string of the molecule is C=CCc1ccc(OCC(=O)N2CCN(CCc3ccccc3)CC2)c(OC)c1. The summed E-state index contributed by atoms with van der Waals surface area (Å²) in [7, 11) is 1.61. The van der Waals surface area contributed by atoms with E-state index in [1.165, 1.54) is 5.56 Å². The molecule has 0 spiro atoms. The summed E-state index contributed by atoms with van der Waals surface area (Å²) >= 11 is 0. The molecule has 29 heavy (non-hydrogen) atoms. The van der Waals surface area contributed by atoms with Crippen LogP contribution < -0.4 is 9.47 Å². The summed E-state index contributed by atoms with van der Waals surface area (Å²) < 4.78 is 11.1. The van der Waals surface area contributed by atoms with E-state index >= 15 is 0 Å². The molecule has 1 aliphatic rings. The lowest BCUT2D eigenvalue weighted by Crippen LogP contribution is -2.50. The average molecular weight is 395 g/mol. The van der Waals surface area contributed by atoms with E-state index in [1.54, 1.807) is 7.11 Å². The van der Waals surface area contributed by atoms with Crippen LogP contribution in [0.4, 0.5) is 0 Å². The van der Waals surface area contributed by atoms with Crippen molar-refractivity contribution >= 4 is 5.91 Å². The second kappa shape index (κ2) is 10.7. The minimum absolute atomic E-state index is 0.0185. The van der Waals surface area contributed by atoms with Crippen LogP contribution in [0.3, 0.4) is 0 Å². The number of rotatable bonds is 9. The molecule has 1 amide bonds. The summed E-state index contributed by atoms with van der Waals surface area (Å²) in [6, 6.07) is 16.3. The summed E-state index contributed by atoms with van der Waals surface area (Å²) in [4.78, 5) is 16.9. The van der Waals surface area contributed by atoms with Gasteiger partial charge in [0.1, 0.15) is 0 Å². The Hall–Kier alpha value is -2.79. The fraction of sp³-hybridized carbons (Fsp3) is 0.375. The Bertz CT molecular complexity index is 799. The normalized spacial score (nSPS) is 14.4. The van der Waals surface area contributed by atoms with Gasteiger partial charge in [0, 0.05) is 32.7 Å². The third kappa shape index (κ3) is 6.09. The number of amides is 1. The van der Waals surface area contributed by atoms with Crippen molar-refractivity contribution in [3.8, 4) is 11.5 Å². The van der Waals surface area contributed by atoms with E-state index < -0.39 is 0 Å². The van der Waals surface area contributed by atoms with Crippen molar-refractivity contribution in [2.24, 2.45) is 0 Å². The number of allylic oxidation sites excluding steroid dienone is 1. The number of nitrogens with zero attached hydrogens (tertiary/aromatic N) is 2. The molecule has 1 saturated heterocycles. The number of hydrogen-bond donors (Lipinski definition) is 0. The first-order chi connectivity index (χ1) is 14.2. The summed E-state index contributed by atoms with van der Waals surface area (Å²) in [5.41, 5.74) is 2.45. The minimum Gasteiger partial charge on any atom is -0.493 e. The van der Waals surface area contributed by atoms with Crippen LogP contribution >= 0.6 is 0 Å². The van der Waals surface area contributed by atoms with Crippen LogP contribution in [0.25, 0.3) is 0 Å². The molecule has 1 heterocycles. The third-order valence-corrected chi connectivity index (χ3v) is 5.24. The molecule has 154 valence electrons. The van der Waals surface area contributed by atoms with Gasteiger partial charge in [-0.2, -0.15) is 0 Å². The Labute approximate surface area is 173 Å². The van der Waals surface area contributed by atoms with Gasteiger partial charge < -0.3 is 14.4 Å². The van der Waals surface area contributed by atoms with E-state index in [9.17, 15) is 4.79 Å². The molecule has 0 unspecified atom stereocenters. The molecule has 0 radical (unpaired) electrons. The maximum atomic E-state index is 12.6. The van der Waals surface area contributed by atoms with E-state index in [4.69, 9.17) is 9.47 Å². The standard InChI is InChI=1S/C24H30N2O3/c1-3-7-21-10-11-22(23(18-21)28-2)29-19-24(27)26-16-14-25(15-17-26)13-12-20-8-5-4-6-9-20/h3-6,8-11,18H,1,7,12-17,19H2,2H3. The highest BCUT2D eigenvalue weighted by Crippen LogP contribution is 2.28. The monoisotopic (exact) mass is 394 g/mol. The molecule has 0 aliphatic carbocycles. The van der Waals surface area contributed by atoms with Gasteiger partial charge in [-0.1, -0.05) is 42.5 Å². The molecule has 2 aromatic carbocycles. The van der Waals surface area contributed by atoms with Gasteiger partial charge in [-0.25, -0.2) is 0 Å². The lowest BCUT2D eigenvalue weighted by molar-refractivity contribution is -0.135. The van der Waals surface area contributed by atoms with Crippen molar-refractivity contribution in [1.29, 1.82) is 0 Å². The highest BCUT2D eigenvalue weighted by molar-refractivity contribution is 5.78. The molecule has 0 bridgehead atoms. The Morgan fingerprint density at radius 3 is 2.48 bits per heavy atom. The van der Waals surface area contributed by atoms with Gasteiger partial charge in [0.2, 0.25) is 0 Å². The van der Waals surface area contributed by atoms with Crippen LogP contribution in [-0.4, -0.2) is 62.1 Å². The molecular formula is C24H30N2O3. The average Bonchev–Trinajstić information content (AvgIpc) is 2.77. The van der Waals surface area contributed by atoms with E-state index in [2.05, 4.69) is 35.7 Å². The molecule has 5 heteroatoms. The van der Waals surface area contributed by atoms with Crippen molar-refractivity contribution in [3.63, 3.8) is 0 Å². The van der Waals surface area contributed by atoms with Gasteiger partial charge in [0.25, 0.3) is 5.91 Å². The quantitative estimate of drug-likeness (QED) is 0.613. The molecule has 0 atom stereocenters. The van der Waals surface area contributed by atoms with Crippen LogP contribution in [-0.2, 0) is 17.6 Å². The van der Waals surface area contributed by atoms with E-state index in [0.717, 1.165) is 51.1 Å². The first kappa shape index (κ1) is 20.9. The Morgan fingerprint density at radius 2 is 1.79 bits per heavy atom. The number of methoxy groups -OCH3 is 1. The summed E-state index contributed by atoms with van der Waals surface area (Å²) in [5, 5.41) is 0. The molecule has 0 N–H and O–H groups in total. The van der Waals surface area contributed by atoms with E-state index in [1.807, 2.05) is 35.2 Å². The maximum Gasteiger partial charge on any atom is 0.260 e. The van der Waals surface area contributed by atoms with Crippen molar-refractivity contribution in [2.45, 2.75) is 12.8 Å². The number of benzene rings is 2. The fourth-order valence-corrected chi connectivity index (χ4v) is 3.51. The van der Waals surface area contributed by atoms with Crippen molar-refractivity contribution in [1.82, 2.24) is 9.80 Å². The summed E-state index contributed by atoms with van der Waals surface area (Å²) in [6.07, 6.45) is 3.65. The number of carbonyl (C=O) groups excluding carboxylic acids is 1. The zero-order valence-corrected chi connectivity index (χ0v) is 17.2. The molecule has 0 aromatic heterocycles. The maximum absolute atomic E-state index is 12.6. The van der Waals surface area contributed by atoms with Gasteiger partial charge in [0.05, 0.1) is 7.11 Å². The molecule has 2 aromatic rings. The molecular weight excluding hydrogens is 364 g/mol. The van der Waals surface area contributed by atoms with E-state index in [0.29, 0.717) is 11.5 Å². The second-order valence-electron chi connectivity index (χ2n) is 7.22. The summed E-state index contributed by atoms with van der Waals surface area (Å²) in [5.74, 6) is 1.25. The van der Waals surface area contributed by atoms with Crippen LogP contribution in [0.1, 0.15) is 11.1 Å². The predicted octanol–water partition coefficient (Wildman–Crippen LogP) is 3.19. The zero-order chi connectivity index (χ0) is 20.5. The molecule has 3 rings (SSSR count). The van der Waals surface area contributed by atoms with Crippen LogP contribution in [0.5, 0.6) is 11.5 Å². The number of piperazine rings is 1. The summed E-state index contributed by atoms with van der Waals surface area (Å²) in [6.45, 7) is 8.09. The first-order valence-corrected chi connectivity index (χ1v) is 10.1. The van der Waals surface area contributed by atoms with Crippen LogP contribution in [0, 0.1) is 0 Å². The highest BCUT2D eigenvalue weighted by atomic mass is 16.5. The predicted molar refractivity (Wildman–Crippen MR) is 116 cm³/mol. The fourth-order valence-electron chi connectivity index (χ4n) is 3.51. The lowest BCUT2D eigenvalue weighted by Gasteiger charge is -2.34. The van der Waals surface area contributed by atoms with Gasteiger partial charge in [0.15, 0.2) is 18.1 Å². The molecule has 1 aliphatic heterocycles. The van der Waals surface area contributed by atoms with Crippen LogP contribution in [0.15, 0.2) is 61.2 Å². The number of hydrogen-bond acceptors (Lipinski definition) is 4. The van der Waals surface area contributed by atoms with Gasteiger partial charge in [-0.15, -0.1) is 6.58 Å².